The molecule has 3 rings (SSSR count). The van der Waals surface area contributed by atoms with Crippen LogP contribution in [0.5, 0.6) is 0 Å². The molecule has 5 nitrogen and oxygen atoms in total. The third-order valence-corrected chi connectivity index (χ3v) is 3.88. The summed E-state index contributed by atoms with van der Waals surface area (Å²) < 4.78 is 5.98. The van der Waals surface area contributed by atoms with Crippen molar-refractivity contribution in [3.05, 3.63) is 28.8 Å². The van der Waals surface area contributed by atoms with Crippen molar-refractivity contribution in [2.24, 2.45) is 5.92 Å². The Morgan fingerprint density at radius 1 is 1.50 bits per heavy atom. The van der Waals surface area contributed by atoms with Crippen LogP contribution in [0.25, 0.3) is 11.4 Å². The Morgan fingerprint density at radius 3 is 2.94 bits per heavy atom. The summed E-state index contributed by atoms with van der Waals surface area (Å²) in [7, 11) is 0. The van der Waals surface area contributed by atoms with Crippen LogP contribution in [0.15, 0.2) is 27.5 Å². The van der Waals surface area contributed by atoms with E-state index in [2.05, 4.69) is 31.1 Å². The van der Waals surface area contributed by atoms with E-state index in [4.69, 9.17) is 4.52 Å². The summed E-state index contributed by atoms with van der Waals surface area (Å²) in [6.45, 7) is 1.73. The van der Waals surface area contributed by atoms with E-state index >= 15 is 0 Å². The van der Waals surface area contributed by atoms with Crippen LogP contribution >= 0.6 is 15.9 Å². The fourth-order valence-corrected chi connectivity index (χ4v) is 2.34. The molecule has 2 heterocycles. The van der Waals surface area contributed by atoms with E-state index in [-0.39, 0.29) is 11.8 Å². The highest BCUT2D eigenvalue weighted by atomic mass is 79.9. The van der Waals surface area contributed by atoms with Gasteiger partial charge in [-0.3, -0.25) is 4.98 Å². The van der Waals surface area contributed by atoms with Gasteiger partial charge in [0.1, 0.15) is 5.60 Å². The maximum Gasteiger partial charge on any atom is 0.258 e. The normalized spacial score (nSPS) is 18.6. The third kappa shape index (κ3) is 1.95. The molecule has 0 saturated heterocycles. The summed E-state index contributed by atoms with van der Waals surface area (Å²) >= 11 is 3.39. The topological polar surface area (TPSA) is 72.0 Å². The largest absolute Gasteiger partial charge is 0.380 e. The summed E-state index contributed by atoms with van der Waals surface area (Å²) in [6.07, 6.45) is 5.34. The number of aromatic nitrogens is 3. The lowest BCUT2D eigenvalue weighted by Gasteiger charge is -2.16. The van der Waals surface area contributed by atoms with Gasteiger partial charge < -0.3 is 9.63 Å². The number of rotatable bonds is 3. The molecule has 0 bridgehead atoms. The average Bonchev–Trinajstić information content (AvgIpc) is 3.09. The van der Waals surface area contributed by atoms with Crippen molar-refractivity contribution in [2.45, 2.75) is 25.4 Å². The van der Waals surface area contributed by atoms with Crippen molar-refractivity contribution < 1.29 is 9.63 Å². The van der Waals surface area contributed by atoms with Crippen molar-refractivity contribution in [3.8, 4) is 11.4 Å². The first-order valence-corrected chi connectivity index (χ1v) is 6.55. The van der Waals surface area contributed by atoms with Crippen LogP contribution in [0.1, 0.15) is 25.7 Å². The summed E-state index contributed by atoms with van der Waals surface area (Å²) in [4.78, 5) is 8.27. The lowest BCUT2D eigenvalue weighted by Crippen LogP contribution is -2.24. The zero-order valence-corrected chi connectivity index (χ0v) is 11.4. The SMILES string of the molecule is C[C@@](O)(c1nc(-c2ccncc2Br)no1)C1CC1. The van der Waals surface area contributed by atoms with E-state index < -0.39 is 5.60 Å². The molecule has 0 unspecified atom stereocenters. The highest BCUT2D eigenvalue weighted by molar-refractivity contribution is 9.10. The molecule has 6 heteroatoms. The quantitative estimate of drug-likeness (QED) is 0.943. The molecule has 0 amide bonds. The molecule has 1 fully saturated rings. The van der Waals surface area contributed by atoms with Gasteiger partial charge in [0.05, 0.1) is 0 Å². The minimum atomic E-state index is -1.02. The summed E-state index contributed by atoms with van der Waals surface area (Å²) in [5, 5.41) is 14.3. The number of aliphatic hydroxyl groups is 1. The van der Waals surface area contributed by atoms with Crippen molar-refractivity contribution in [1.82, 2.24) is 15.1 Å². The third-order valence-electron chi connectivity index (χ3n) is 3.24. The van der Waals surface area contributed by atoms with Crippen LogP contribution < -0.4 is 0 Å². The predicted octanol–water partition coefficient (Wildman–Crippen LogP) is 2.51. The van der Waals surface area contributed by atoms with E-state index in [9.17, 15) is 5.11 Å². The molecule has 1 N–H and O–H groups in total. The first-order valence-electron chi connectivity index (χ1n) is 5.75. The van der Waals surface area contributed by atoms with Crippen molar-refractivity contribution >= 4 is 15.9 Å². The molecule has 1 aliphatic carbocycles. The molecule has 1 aliphatic rings. The fourth-order valence-electron chi connectivity index (χ4n) is 1.92. The van der Waals surface area contributed by atoms with Gasteiger partial charge in [-0.1, -0.05) is 5.16 Å². The van der Waals surface area contributed by atoms with E-state index in [0.29, 0.717) is 5.82 Å². The monoisotopic (exact) mass is 309 g/mol. The number of halogens is 1. The zero-order valence-electron chi connectivity index (χ0n) is 9.80. The first-order chi connectivity index (χ1) is 8.59. The van der Waals surface area contributed by atoms with Crippen LogP contribution in [-0.2, 0) is 5.60 Å². The number of nitrogens with zero attached hydrogens (tertiary/aromatic N) is 3. The zero-order chi connectivity index (χ0) is 12.8. The van der Waals surface area contributed by atoms with Gasteiger partial charge in [0.2, 0.25) is 5.82 Å². The molecule has 0 spiro atoms. The Labute approximate surface area is 112 Å². The summed E-state index contributed by atoms with van der Waals surface area (Å²) in [5.41, 5.74) is -0.225. The van der Waals surface area contributed by atoms with E-state index in [1.807, 2.05) is 0 Å². The summed E-state index contributed by atoms with van der Waals surface area (Å²) in [5.74, 6) is 0.968. The van der Waals surface area contributed by atoms with Gasteiger partial charge >= 0.3 is 0 Å². The van der Waals surface area contributed by atoms with Gasteiger partial charge in [0, 0.05) is 22.4 Å². The maximum atomic E-state index is 10.3. The Morgan fingerprint density at radius 2 is 2.28 bits per heavy atom. The van der Waals surface area contributed by atoms with Gasteiger partial charge in [0.25, 0.3) is 5.89 Å². The molecule has 94 valence electrons. The maximum absolute atomic E-state index is 10.3. The van der Waals surface area contributed by atoms with Gasteiger partial charge in [-0.2, -0.15) is 4.98 Å². The summed E-state index contributed by atoms with van der Waals surface area (Å²) in [6, 6.07) is 1.80. The Hall–Kier alpha value is -1.27. The van der Waals surface area contributed by atoms with Crippen LogP contribution in [-0.4, -0.2) is 20.2 Å². The first kappa shape index (κ1) is 11.8. The molecule has 0 radical (unpaired) electrons. The fraction of sp³-hybridized carbons (Fsp3) is 0.417. The molecule has 0 aliphatic heterocycles. The molecule has 2 aromatic heterocycles. The van der Waals surface area contributed by atoms with Gasteiger partial charge in [-0.05, 0) is 47.7 Å². The van der Waals surface area contributed by atoms with Crippen molar-refractivity contribution in [2.75, 3.05) is 0 Å². The van der Waals surface area contributed by atoms with E-state index in [0.717, 1.165) is 22.9 Å². The van der Waals surface area contributed by atoms with Crippen molar-refractivity contribution in [3.63, 3.8) is 0 Å². The van der Waals surface area contributed by atoms with Crippen LogP contribution in [0.4, 0.5) is 0 Å². The second kappa shape index (κ2) is 4.13. The highest BCUT2D eigenvalue weighted by Crippen LogP contribution is 2.45. The Bertz CT molecular complexity index is 578. The van der Waals surface area contributed by atoms with Gasteiger partial charge in [-0.15, -0.1) is 0 Å². The smallest absolute Gasteiger partial charge is 0.258 e. The second-order valence-electron chi connectivity index (χ2n) is 4.70. The molecule has 18 heavy (non-hydrogen) atoms. The number of pyridine rings is 1. The molecular weight excluding hydrogens is 298 g/mol. The lowest BCUT2D eigenvalue weighted by molar-refractivity contribution is 0.000916. The van der Waals surface area contributed by atoms with Crippen molar-refractivity contribution in [1.29, 1.82) is 0 Å². The molecule has 0 aromatic carbocycles. The molecule has 1 saturated carbocycles. The average molecular weight is 310 g/mol. The molecule has 2 aromatic rings. The molecular formula is C12H12BrN3O2. The Balaban J connectivity index is 1.97. The lowest BCUT2D eigenvalue weighted by atomic mass is 10.0. The number of hydrogen-bond donors (Lipinski definition) is 1. The van der Waals surface area contributed by atoms with E-state index in [1.165, 1.54) is 0 Å². The predicted molar refractivity (Wildman–Crippen MR) is 67.5 cm³/mol. The van der Waals surface area contributed by atoms with Gasteiger partial charge in [-0.25, -0.2) is 0 Å². The molecule has 1 atom stereocenters. The van der Waals surface area contributed by atoms with Gasteiger partial charge in [0.15, 0.2) is 0 Å². The Kier molecular flexibility index (Phi) is 2.71. The van der Waals surface area contributed by atoms with Crippen LogP contribution in [0, 0.1) is 5.92 Å². The number of hydrogen-bond acceptors (Lipinski definition) is 5. The minimum absolute atomic E-state index is 0.228. The second-order valence-corrected chi connectivity index (χ2v) is 5.55. The van der Waals surface area contributed by atoms with E-state index in [1.54, 1.807) is 25.4 Å². The van der Waals surface area contributed by atoms with Crippen LogP contribution in [0.3, 0.4) is 0 Å². The highest BCUT2D eigenvalue weighted by Gasteiger charge is 2.45. The standard InChI is InChI=1S/C12H12BrN3O2/c1-12(17,7-2-3-7)11-15-10(16-18-11)8-4-5-14-6-9(8)13/h4-7,17H,2-3H2,1H3/t12-/m0/s1. The minimum Gasteiger partial charge on any atom is -0.380 e. The van der Waals surface area contributed by atoms with Crippen LogP contribution in [0.2, 0.25) is 0 Å².